The van der Waals surface area contributed by atoms with Gasteiger partial charge in [0.1, 0.15) is 0 Å². The molecule has 0 bridgehead atoms. The van der Waals surface area contributed by atoms with Gasteiger partial charge in [0.05, 0.1) is 37.2 Å². The van der Waals surface area contributed by atoms with E-state index in [0.717, 1.165) is 5.69 Å². The molecule has 0 saturated heterocycles. The van der Waals surface area contributed by atoms with Gasteiger partial charge in [-0.15, -0.1) is 5.10 Å². The standard InChI is InChI=1S/C8H16N4O2/c1-6(4-13)12-8(3-10-11-12)7(9)5-14-2/h3,6-7,13H,4-5,9H2,1-2H3/t6?,7-/m1/s1. The molecular formula is C8H16N4O2. The molecule has 0 aromatic carbocycles. The molecule has 0 aliphatic carbocycles. The average Bonchev–Trinajstić information content (AvgIpc) is 2.65. The second-order valence-electron chi connectivity index (χ2n) is 3.20. The summed E-state index contributed by atoms with van der Waals surface area (Å²) in [6.45, 7) is 2.26. The Morgan fingerprint density at radius 2 is 2.43 bits per heavy atom. The van der Waals surface area contributed by atoms with Gasteiger partial charge in [0, 0.05) is 7.11 Å². The quantitative estimate of drug-likeness (QED) is 0.667. The van der Waals surface area contributed by atoms with Crippen molar-refractivity contribution in [2.24, 2.45) is 5.73 Å². The fourth-order valence-corrected chi connectivity index (χ4v) is 1.20. The number of nitrogens with zero attached hydrogens (tertiary/aromatic N) is 3. The minimum Gasteiger partial charge on any atom is -0.394 e. The molecule has 0 saturated carbocycles. The van der Waals surface area contributed by atoms with Gasteiger partial charge in [-0.1, -0.05) is 5.21 Å². The van der Waals surface area contributed by atoms with Crippen LogP contribution in [0.25, 0.3) is 0 Å². The molecule has 0 amide bonds. The maximum absolute atomic E-state index is 8.98. The molecule has 2 atom stereocenters. The number of hydrogen-bond acceptors (Lipinski definition) is 5. The van der Waals surface area contributed by atoms with Crippen molar-refractivity contribution in [3.63, 3.8) is 0 Å². The van der Waals surface area contributed by atoms with E-state index in [0.29, 0.717) is 6.61 Å². The Labute approximate surface area is 82.7 Å². The van der Waals surface area contributed by atoms with Crippen molar-refractivity contribution in [2.75, 3.05) is 20.3 Å². The summed E-state index contributed by atoms with van der Waals surface area (Å²) in [6, 6.07) is -0.376. The van der Waals surface area contributed by atoms with E-state index in [1.807, 2.05) is 6.92 Å². The molecule has 1 rings (SSSR count). The second kappa shape index (κ2) is 5.04. The topological polar surface area (TPSA) is 86.2 Å². The Morgan fingerprint density at radius 1 is 1.71 bits per heavy atom. The van der Waals surface area contributed by atoms with Gasteiger partial charge < -0.3 is 15.6 Å². The molecule has 0 aliphatic heterocycles. The fraction of sp³-hybridized carbons (Fsp3) is 0.750. The van der Waals surface area contributed by atoms with Gasteiger partial charge >= 0.3 is 0 Å². The van der Waals surface area contributed by atoms with Crippen LogP contribution in [0.15, 0.2) is 6.20 Å². The third-order valence-electron chi connectivity index (χ3n) is 2.01. The monoisotopic (exact) mass is 200 g/mol. The van der Waals surface area contributed by atoms with Crippen molar-refractivity contribution in [3.05, 3.63) is 11.9 Å². The van der Waals surface area contributed by atoms with Crippen LogP contribution in [0.5, 0.6) is 0 Å². The lowest BCUT2D eigenvalue weighted by Crippen LogP contribution is -2.23. The molecule has 14 heavy (non-hydrogen) atoms. The van der Waals surface area contributed by atoms with Crippen LogP contribution in [0.3, 0.4) is 0 Å². The molecule has 1 heterocycles. The molecule has 1 aromatic heterocycles. The van der Waals surface area contributed by atoms with Gasteiger partial charge in [-0.25, -0.2) is 4.68 Å². The number of ether oxygens (including phenoxy) is 1. The summed E-state index contributed by atoms with van der Waals surface area (Å²) in [4.78, 5) is 0. The van der Waals surface area contributed by atoms with Crippen LogP contribution in [-0.4, -0.2) is 40.4 Å². The average molecular weight is 200 g/mol. The number of aliphatic hydroxyl groups excluding tert-OH is 1. The number of hydrogen-bond donors (Lipinski definition) is 2. The van der Waals surface area contributed by atoms with E-state index in [2.05, 4.69) is 10.3 Å². The Bertz CT molecular complexity index is 276. The van der Waals surface area contributed by atoms with Crippen LogP contribution in [0.1, 0.15) is 24.7 Å². The summed E-state index contributed by atoms with van der Waals surface area (Å²) in [5.41, 5.74) is 6.61. The van der Waals surface area contributed by atoms with E-state index >= 15 is 0 Å². The molecule has 0 radical (unpaired) electrons. The second-order valence-corrected chi connectivity index (χ2v) is 3.20. The Balaban J connectivity index is 2.81. The van der Waals surface area contributed by atoms with Crippen LogP contribution in [-0.2, 0) is 4.74 Å². The third-order valence-corrected chi connectivity index (χ3v) is 2.01. The van der Waals surface area contributed by atoms with Crippen LogP contribution in [0, 0.1) is 0 Å². The first-order valence-corrected chi connectivity index (χ1v) is 4.46. The highest BCUT2D eigenvalue weighted by Gasteiger charge is 2.15. The molecule has 6 heteroatoms. The van der Waals surface area contributed by atoms with Crippen LogP contribution in [0.2, 0.25) is 0 Å². The summed E-state index contributed by atoms with van der Waals surface area (Å²) >= 11 is 0. The number of methoxy groups -OCH3 is 1. The summed E-state index contributed by atoms with van der Waals surface area (Å²) < 4.78 is 6.55. The van der Waals surface area contributed by atoms with E-state index in [9.17, 15) is 0 Å². The van der Waals surface area contributed by atoms with Crippen LogP contribution in [0.4, 0.5) is 0 Å². The third kappa shape index (κ3) is 2.28. The summed E-state index contributed by atoms with van der Waals surface area (Å²) in [7, 11) is 1.59. The zero-order valence-electron chi connectivity index (χ0n) is 8.42. The predicted octanol–water partition coefficient (Wildman–Crippen LogP) is -0.522. The maximum Gasteiger partial charge on any atom is 0.0782 e. The summed E-state index contributed by atoms with van der Waals surface area (Å²) in [6.07, 6.45) is 1.59. The number of aromatic nitrogens is 3. The summed E-state index contributed by atoms with van der Waals surface area (Å²) in [5, 5.41) is 16.6. The van der Waals surface area contributed by atoms with Crippen LogP contribution >= 0.6 is 0 Å². The minimum absolute atomic E-state index is 0.00998. The lowest BCUT2D eigenvalue weighted by Gasteiger charge is -2.15. The largest absolute Gasteiger partial charge is 0.394 e. The van der Waals surface area contributed by atoms with Gasteiger partial charge in [0.15, 0.2) is 0 Å². The first-order valence-electron chi connectivity index (χ1n) is 4.46. The molecule has 1 unspecified atom stereocenters. The van der Waals surface area contributed by atoms with E-state index in [1.54, 1.807) is 18.0 Å². The van der Waals surface area contributed by atoms with Gasteiger partial charge in [-0.05, 0) is 6.92 Å². The minimum atomic E-state index is -0.260. The van der Waals surface area contributed by atoms with E-state index in [1.165, 1.54) is 0 Å². The molecule has 0 spiro atoms. The van der Waals surface area contributed by atoms with E-state index in [-0.39, 0.29) is 18.7 Å². The van der Waals surface area contributed by atoms with Crippen molar-refractivity contribution in [3.8, 4) is 0 Å². The number of nitrogens with two attached hydrogens (primary N) is 1. The first-order chi connectivity index (χ1) is 6.70. The van der Waals surface area contributed by atoms with Crippen molar-refractivity contribution in [1.29, 1.82) is 0 Å². The molecule has 0 aliphatic rings. The van der Waals surface area contributed by atoms with Gasteiger partial charge in [-0.2, -0.15) is 0 Å². The van der Waals surface area contributed by atoms with Crippen LogP contribution < -0.4 is 5.73 Å². The molecule has 80 valence electrons. The Hall–Kier alpha value is -0.980. The Kier molecular flexibility index (Phi) is 3.99. The SMILES string of the molecule is COC[C@@H](N)c1cnnn1C(C)CO. The normalized spacial score (nSPS) is 15.4. The fourth-order valence-electron chi connectivity index (χ4n) is 1.20. The molecular weight excluding hydrogens is 184 g/mol. The van der Waals surface area contributed by atoms with E-state index in [4.69, 9.17) is 15.6 Å². The molecule has 1 aromatic rings. The van der Waals surface area contributed by atoms with Gasteiger partial charge in [0.2, 0.25) is 0 Å². The predicted molar refractivity (Wildman–Crippen MR) is 50.6 cm³/mol. The first kappa shape index (κ1) is 11.1. The molecule has 0 fully saturated rings. The lowest BCUT2D eigenvalue weighted by atomic mass is 10.2. The maximum atomic E-state index is 8.98. The highest BCUT2D eigenvalue weighted by Crippen LogP contribution is 2.13. The smallest absolute Gasteiger partial charge is 0.0782 e. The number of rotatable bonds is 5. The van der Waals surface area contributed by atoms with Crippen molar-refractivity contribution in [1.82, 2.24) is 15.0 Å². The Morgan fingerprint density at radius 3 is 3.00 bits per heavy atom. The van der Waals surface area contributed by atoms with Gasteiger partial charge in [-0.3, -0.25) is 0 Å². The van der Waals surface area contributed by atoms with Crippen molar-refractivity contribution >= 4 is 0 Å². The van der Waals surface area contributed by atoms with Gasteiger partial charge in [0.25, 0.3) is 0 Å². The number of aliphatic hydroxyl groups is 1. The highest BCUT2D eigenvalue weighted by atomic mass is 16.5. The summed E-state index contributed by atoms with van der Waals surface area (Å²) in [5.74, 6) is 0. The van der Waals surface area contributed by atoms with Crippen molar-refractivity contribution < 1.29 is 9.84 Å². The zero-order valence-corrected chi connectivity index (χ0v) is 8.42. The zero-order chi connectivity index (χ0) is 10.6. The van der Waals surface area contributed by atoms with E-state index < -0.39 is 0 Å². The molecule has 3 N–H and O–H groups in total. The highest BCUT2D eigenvalue weighted by molar-refractivity contribution is 5.02. The lowest BCUT2D eigenvalue weighted by molar-refractivity contribution is 0.173. The molecule has 6 nitrogen and oxygen atoms in total. The van der Waals surface area contributed by atoms with Crippen molar-refractivity contribution in [2.45, 2.75) is 19.0 Å².